The van der Waals surface area contributed by atoms with Crippen LogP contribution in [-0.2, 0) is 4.74 Å². The zero-order chi connectivity index (χ0) is 12.1. The number of rotatable bonds is 4. The van der Waals surface area contributed by atoms with Crippen molar-refractivity contribution in [3.63, 3.8) is 0 Å². The number of benzene rings is 1. The van der Waals surface area contributed by atoms with Gasteiger partial charge in [0.1, 0.15) is 0 Å². The fourth-order valence-electron chi connectivity index (χ4n) is 1.85. The molecule has 0 spiro atoms. The Balaban J connectivity index is 1.77. The van der Waals surface area contributed by atoms with E-state index in [1.165, 1.54) is 0 Å². The smallest absolute Gasteiger partial charge is 0.0657 e. The van der Waals surface area contributed by atoms with E-state index in [0.717, 1.165) is 45.1 Å². The number of nitrogen functional groups attached to an aromatic ring is 1. The summed E-state index contributed by atoms with van der Waals surface area (Å²) in [6, 6.07) is 5.53. The third-order valence-corrected chi connectivity index (χ3v) is 3.15. The summed E-state index contributed by atoms with van der Waals surface area (Å²) in [5.74, 6) is 0. The first kappa shape index (κ1) is 12.5. The molecule has 4 nitrogen and oxygen atoms in total. The van der Waals surface area contributed by atoms with Crippen LogP contribution in [0.4, 0.5) is 11.4 Å². The van der Waals surface area contributed by atoms with Crippen molar-refractivity contribution in [1.29, 1.82) is 0 Å². The lowest BCUT2D eigenvalue weighted by Crippen LogP contribution is -2.39. The molecule has 0 atom stereocenters. The highest BCUT2D eigenvalue weighted by Crippen LogP contribution is 2.23. The number of nitrogens with one attached hydrogen (secondary N) is 1. The minimum Gasteiger partial charge on any atom is -0.399 e. The number of halogens is 1. The molecular weight excluding hydrogens is 238 g/mol. The van der Waals surface area contributed by atoms with E-state index in [1.54, 1.807) is 6.07 Å². The van der Waals surface area contributed by atoms with Crippen molar-refractivity contribution in [1.82, 2.24) is 4.90 Å². The molecule has 1 aliphatic rings. The van der Waals surface area contributed by atoms with Crippen LogP contribution in [0, 0.1) is 0 Å². The highest BCUT2D eigenvalue weighted by atomic mass is 35.5. The monoisotopic (exact) mass is 255 g/mol. The maximum atomic E-state index is 6.07. The molecule has 1 aromatic carbocycles. The highest BCUT2D eigenvalue weighted by molar-refractivity contribution is 6.33. The first-order valence-corrected chi connectivity index (χ1v) is 6.22. The lowest BCUT2D eigenvalue weighted by atomic mass is 10.3. The summed E-state index contributed by atoms with van der Waals surface area (Å²) < 4.78 is 5.30. The second-order valence-corrected chi connectivity index (χ2v) is 4.53. The van der Waals surface area contributed by atoms with Crippen LogP contribution in [0.2, 0.25) is 5.02 Å². The molecule has 0 radical (unpaired) electrons. The molecule has 1 aromatic rings. The topological polar surface area (TPSA) is 50.5 Å². The maximum Gasteiger partial charge on any atom is 0.0657 e. The van der Waals surface area contributed by atoms with Crippen LogP contribution < -0.4 is 11.1 Å². The van der Waals surface area contributed by atoms with E-state index in [4.69, 9.17) is 22.1 Å². The van der Waals surface area contributed by atoms with Crippen molar-refractivity contribution in [3.05, 3.63) is 23.2 Å². The summed E-state index contributed by atoms with van der Waals surface area (Å²) in [6.45, 7) is 5.58. The number of hydrogen-bond acceptors (Lipinski definition) is 4. The maximum absolute atomic E-state index is 6.07. The molecule has 17 heavy (non-hydrogen) atoms. The fourth-order valence-corrected chi connectivity index (χ4v) is 2.10. The number of hydrogen-bond donors (Lipinski definition) is 2. The summed E-state index contributed by atoms with van der Waals surface area (Å²) in [7, 11) is 0. The second kappa shape index (κ2) is 6.10. The number of nitrogens with zero attached hydrogens (tertiary/aromatic N) is 1. The predicted molar refractivity (Wildman–Crippen MR) is 71.6 cm³/mol. The molecule has 1 aliphatic heterocycles. The van der Waals surface area contributed by atoms with E-state index in [0.29, 0.717) is 10.7 Å². The molecular formula is C12H18ClN3O. The zero-order valence-electron chi connectivity index (χ0n) is 9.79. The Hall–Kier alpha value is -0.970. The standard InChI is InChI=1S/C12H18ClN3O/c13-11-9-10(14)1-2-12(11)15-3-4-16-5-7-17-8-6-16/h1-2,9,15H,3-8,14H2. The molecule has 0 aromatic heterocycles. The molecule has 0 unspecified atom stereocenters. The van der Waals surface area contributed by atoms with Gasteiger partial charge in [0.25, 0.3) is 0 Å². The van der Waals surface area contributed by atoms with Gasteiger partial charge in [-0.25, -0.2) is 0 Å². The molecule has 0 aliphatic carbocycles. The lowest BCUT2D eigenvalue weighted by molar-refractivity contribution is 0.0398. The van der Waals surface area contributed by atoms with Crippen LogP contribution in [0.25, 0.3) is 0 Å². The van der Waals surface area contributed by atoms with Gasteiger partial charge in [-0.1, -0.05) is 11.6 Å². The number of morpholine rings is 1. The Morgan fingerprint density at radius 2 is 2.12 bits per heavy atom. The van der Waals surface area contributed by atoms with Gasteiger partial charge in [-0.2, -0.15) is 0 Å². The number of anilines is 2. The van der Waals surface area contributed by atoms with Crippen molar-refractivity contribution in [2.24, 2.45) is 0 Å². The Morgan fingerprint density at radius 3 is 2.82 bits per heavy atom. The van der Waals surface area contributed by atoms with Gasteiger partial charge in [0.05, 0.1) is 23.9 Å². The van der Waals surface area contributed by atoms with Gasteiger partial charge in [-0.15, -0.1) is 0 Å². The van der Waals surface area contributed by atoms with Gasteiger partial charge in [-0.3, -0.25) is 4.90 Å². The molecule has 0 bridgehead atoms. The number of nitrogens with two attached hydrogens (primary N) is 1. The van der Waals surface area contributed by atoms with Gasteiger partial charge in [0, 0.05) is 31.9 Å². The molecule has 5 heteroatoms. The van der Waals surface area contributed by atoms with Crippen LogP contribution >= 0.6 is 11.6 Å². The van der Waals surface area contributed by atoms with E-state index in [9.17, 15) is 0 Å². The van der Waals surface area contributed by atoms with E-state index in [-0.39, 0.29) is 0 Å². The van der Waals surface area contributed by atoms with Gasteiger partial charge in [-0.05, 0) is 18.2 Å². The molecule has 3 N–H and O–H groups in total. The Labute approximate surface area is 107 Å². The van der Waals surface area contributed by atoms with Gasteiger partial charge < -0.3 is 15.8 Å². The average Bonchev–Trinajstić information content (AvgIpc) is 2.33. The fraction of sp³-hybridized carbons (Fsp3) is 0.500. The lowest BCUT2D eigenvalue weighted by Gasteiger charge is -2.26. The van der Waals surface area contributed by atoms with E-state index >= 15 is 0 Å². The third-order valence-electron chi connectivity index (χ3n) is 2.84. The molecule has 1 heterocycles. The SMILES string of the molecule is Nc1ccc(NCCN2CCOCC2)c(Cl)c1. The summed E-state index contributed by atoms with van der Waals surface area (Å²) in [4.78, 5) is 2.38. The third kappa shape index (κ3) is 3.77. The van der Waals surface area contributed by atoms with Crippen molar-refractivity contribution < 1.29 is 4.74 Å². The van der Waals surface area contributed by atoms with Crippen LogP contribution in [0.3, 0.4) is 0 Å². The van der Waals surface area contributed by atoms with E-state index in [2.05, 4.69) is 10.2 Å². The predicted octanol–water partition coefficient (Wildman–Crippen LogP) is 1.67. The quantitative estimate of drug-likeness (QED) is 0.804. The van der Waals surface area contributed by atoms with Gasteiger partial charge in [0.2, 0.25) is 0 Å². The van der Waals surface area contributed by atoms with E-state index < -0.39 is 0 Å². The Bertz CT molecular complexity index is 367. The second-order valence-electron chi connectivity index (χ2n) is 4.12. The number of ether oxygens (including phenoxy) is 1. The minimum atomic E-state index is 0.673. The molecule has 1 fully saturated rings. The normalized spacial score (nSPS) is 17.0. The van der Waals surface area contributed by atoms with Crippen molar-refractivity contribution in [2.45, 2.75) is 0 Å². The zero-order valence-corrected chi connectivity index (χ0v) is 10.5. The Kier molecular flexibility index (Phi) is 4.48. The van der Waals surface area contributed by atoms with Crippen molar-refractivity contribution >= 4 is 23.0 Å². The Morgan fingerprint density at radius 1 is 1.35 bits per heavy atom. The van der Waals surface area contributed by atoms with Gasteiger partial charge in [0.15, 0.2) is 0 Å². The summed E-state index contributed by atoms with van der Waals surface area (Å²) >= 11 is 6.07. The molecule has 94 valence electrons. The average molecular weight is 256 g/mol. The first-order valence-electron chi connectivity index (χ1n) is 5.85. The minimum absolute atomic E-state index is 0.673. The van der Waals surface area contributed by atoms with Crippen LogP contribution in [0.15, 0.2) is 18.2 Å². The highest BCUT2D eigenvalue weighted by Gasteiger charge is 2.09. The van der Waals surface area contributed by atoms with Crippen LogP contribution in [0.1, 0.15) is 0 Å². The van der Waals surface area contributed by atoms with Crippen molar-refractivity contribution in [3.8, 4) is 0 Å². The molecule has 0 saturated carbocycles. The largest absolute Gasteiger partial charge is 0.399 e. The molecule has 2 rings (SSSR count). The first-order chi connectivity index (χ1) is 8.25. The molecule has 0 amide bonds. The molecule has 1 saturated heterocycles. The summed E-state index contributed by atoms with van der Waals surface area (Å²) in [6.07, 6.45) is 0. The van der Waals surface area contributed by atoms with Crippen LogP contribution in [0.5, 0.6) is 0 Å². The van der Waals surface area contributed by atoms with Gasteiger partial charge >= 0.3 is 0 Å². The summed E-state index contributed by atoms with van der Waals surface area (Å²) in [5, 5.41) is 3.99. The van der Waals surface area contributed by atoms with E-state index in [1.807, 2.05) is 12.1 Å². The summed E-state index contributed by atoms with van der Waals surface area (Å²) in [5.41, 5.74) is 7.27. The van der Waals surface area contributed by atoms with Crippen molar-refractivity contribution in [2.75, 3.05) is 50.4 Å². The van der Waals surface area contributed by atoms with Crippen LogP contribution in [-0.4, -0.2) is 44.3 Å².